The zero-order valence-electron chi connectivity index (χ0n) is 36.8. The number of methoxy groups -OCH3 is 2. The summed E-state index contributed by atoms with van der Waals surface area (Å²) in [5.74, 6) is 0. The van der Waals surface area contributed by atoms with Crippen molar-refractivity contribution in [1.82, 2.24) is 15.1 Å². The number of ether oxygens (including phenoxy) is 4. The third-order valence-corrected chi connectivity index (χ3v) is 12.4. The van der Waals surface area contributed by atoms with Crippen LogP contribution in [0, 0.1) is 0 Å². The summed E-state index contributed by atoms with van der Waals surface area (Å²) in [7, 11) is 2.55. The molecule has 31 nitrogen and oxygen atoms in total. The van der Waals surface area contributed by atoms with Gasteiger partial charge in [-0.25, -0.2) is 0 Å². The van der Waals surface area contributed by atoms with E-state index in [0.717, 1.165) is 0 Å². The molecule has 5 aliphatic rings. The van der Waals surface area contributed by atoms with Gasteiger partial charge in [0, 0.05) is 46.4 Å². The lowest BCUT2D eigenvalue weighted by Crippen LogP contribution is -2.68. The lowest BCUT2D eigenvalue weighted by Gasteiger charge is -2.47. The van der Waals surface area contributed by atoms with Crippen LogP contribution in [0.15, 0.2) is 0 Å². The van der Waals surface area contributed by atoms with Crippen LogP contribution in [0.3, 0.4) is 0 Å². The maximum atomic E-state index is 10.0. The van der Waals surface area contributed by atoms with Gasteiger partial charge in [0.25, 0.3) is 0 Å². The highest BCUT2D eigenvalue weighted by Gasteiger charge is 2.52. The number of hydrogen-bond donors (Lipinski definition) is 22. The van der Waals surface area contributed by atoms with E-state index in [4.69, 9.17) is 34.3 Å². The van der Waals surface area contributed by atoms with Crippen LogP contribution in [0.2, 0.25) is 0 Å². The first-order valence-corrected chi connectivity index (χ1v) is 20.6. The average Bonchev–Trinajstić information content (AvgIpc) is 3.28. The largest absolute Gasteiger partial charge is 0.412 e. The molecule has 5 fully saturated rings. The molecular weight excluding hydrogens is 922 g/mol. The van der Waals surface area contributed by atoms with E-state index in [0.29, 0.717) is 0 Å². The third-order valence-electron chi connectivity index (χ3n) is 12.4. The normalized spacial score (nSPS) is 45.0. The van der Waals surface area contributed by atoms with Crippen LogP contribution >= 0.6 is 0 Å². The van der Waals surface area contributed by atoms with Gasteiger partial charge in [-0.1, -0.05) is 0 Å². The van der Waals surface area contributed by atoms with E-state index < -0.39 is 179 Å². The zero-order valence-corrected chi connectivity index (χ0v) is 36.8. The van der Waals surface area contributed by atoms with Crippen LogP contribution < -0.4 is 5.32 Å². The number of nitrogens with one attached hydrogen (secondary N) is 1. The van der Waals surface area contributed by atoms with Gasteiger partial charge in [-0.2, -0.15) is 0 Å². The number of β-amino-alcohol motifs (C(OH)–C–C–N with tert-alkyl or cyclic N) is 2. The second kappa shape index (κ2) is 29.3. The van der Waals surface area contributed by atoms with Crippen molar-refractivity contribution >= 4 is 0 Å². The van der Waals surface area contributed by atoms with Crippen molar-refractivity contribution in [1.29, 1.82) is 0 Å². The fourth-order valence-electron chi connectivity index (χ4n) is 8.31. The molecule has 5 rings (SSSR count). The molecule has 1 saturated carbocycles. The maximum absolute atomic E-state index is 10.0. The molecule has 4 aliphatic heterocycles. The molecule has 4 heterocycles. The number of rotatable bonds is 13. The minimum Gasteiger partial charge on any atom is -0.412 e. The Labute approximate surface area is 383 Å². The summed E-state index contributed by atoms with van der Waals surface area (Å²) >= 11 is 0. The van der Waals surface area contributed by atoms with Crippen molar-refractivity contribution in [3.05, 3.63) is 0 Å². The van der Waals surface area contributed by atoms with Gasteiger partial charge < -0.3 is 148 Å². The number of likely N-dealkylation sites (tertiary alicyclic amines) is 2. The van der Waals surface area contributed by atoms with Crippen molar-refractivity contribution in [2.24, 2.45) is 0 Å². The smallest absolute Gasteiger partial charge is 0.186 e. The standard InChI is InChI=1S/2C13H25NO9.C10H21NO7.3H2O/c2*1-22-13-12(21)11(20)10(19)7(23-13)3-14-2-6(16)9(18)8(17)5(14)4-15;12-2-5(3-13)11-6-1-10(18,4-14)9(17)8(16)7(6)15;;;/h2*5-13,15-21H,2-4H2,1H3;5-9,11-18H,1-4H2;3*1H2/t2*5-,6+,7-,8-,9-,10-,11+,12-,13+;6-,7-,8+,9-,10-;;;/m110.../s1. The molecule has 28 N–H and O–H groups in total. The topological polar surface area (TPSA) is 575 Å². The number of aliphatic hydroxyl groups is 21. The fourth-order valence-corrected chi connectivity index (χ4v) is 8.31. The average molecular weight is 1000 g/mol. The van der Waals surface area contributed by atoms with Crippen LogP contribution in [-0.4, -0.2) is 353 Å². The molecule has 0 aromatic carbocycles. The van der Waals surface area contributed by atoms with E-state index in [-0.39, 0.29) is 49.0 Å². The second-order valence-corrected chi connectivity index (χ2v) is 16.7. The molecule has 0 bridgehead atoms. The molecule has 0 aromatic heterocycles. The van der Waals surface area contributed by atoms with Crippen molar-refractivity contribution < 1.29 is 143 Å². The quantitative estimate of drug-likeness (QED) is 0.0814. The molecule has 67 heavy (non-hydrogen) atoms. The van der Waals surface area contributed by atoms with Crippen LogP contribution in [-0.2, 0) is 18.9 Å². The summed E-state index contributed by atoms with van der Waals surface area (Å²) in [5, 5.41) is 205. The minimum atomic E-state index is -1.94. The number of aliphatic hydroxyl groups excluding tert-OH is 20. The summed E-state index contributed by atoms with van der Waals surface area (Å²) < 4.78 is 20.6. The molecule has 0 amide bonds. The Kier molecular flexibility index (Phi) is 28.8. The van der Waals surface area contributed by atoms with E-state index in [9.17, 15) is 91.9 Å². The molecular formula is C36H77N3O28. The van der Waals surface area contributed by atoms with Crippen LogP contribution in [0.4, 0.5) is 0 Å². The van der Waals surface area contributed by atoms with Gasteiger partial charge in [0.2, 0.25) is 0 Å². The highest BCUT2D eigenvalue weighted by atomic mass is 16.7. The van der Waals surface area contributed by atoms with Gasteiger partial charge in [-0.15, -0.1) is 0 Å². The molecule has 4 saturated heterocycles. The van der Waals surface area contributed by atoms with Gasteiger partial charge in [0.15, 0.2) is 12.6 Å². The Morgan fingerprint density at radius 2 is 0.896 bits per heavy atom. The Morgan fingerprint density at radius 1 is 0.522 bits per heavy atom. The minimum absolute atomic E-state index is 0. The second-order valence-electron chi connectivity index (χ2n) is 16.7. The molecule has 23 atom stereocenters. The molecule has 0 unspecified atom stereocenters. The SMILES string of the molecule is CO[C@H]1O[C@H](CN2C[C@H](O)[C@@H](O)[C@H](O)[C@H]2CO)[C@@H](O)[C@H](O)[C@H]1O.CO[C@H]1O[C@H](CN2C[C@H](O)[C@@H](O)[C@H](O)[C@H]2CO)[C@@H](O)[C@H](O)[C@H]1O.O.O.O.OCC(CO)N[C@H]1C[C@](O)(CO)[C@@H](O)[C@H](O)[C@H]1O. The number of nitrogens with zero attached hydrogens (tertiary/aromatic N) is 2. The number of hydrogen-bond acceptors (Lipinski definition) is 28. The summed E-state index contributed by atoms with van der Waals surface area (Å²) in [6.45, 7) is -2.77. The van der Waals surface area contributed by atoms with Crippen molar-refractivity contribution in [2.45, 2.75) is 153 Å². The molecule has 31 heteroatoms. The van der Waals surface area contributed by atoms with E-state index in [2.05, 4.69) is 5.32 Å². The van der Waals surface area contributed by atoms with Gasteiger partial charge in [-0.3, -0.25) is 9.80 Å². The van der Waals surface area contributed by atoms with E-state index in [1.165, 1.54) is 24.0 Å². The highest BCUT2D eigenvalue weighted by Crippen LogP contribution is 2.31. The van der Waals surface area contributed by atoms with Crippen LogP contribution in [0.5, 0.6) is 0 Å². The summed E-state index contributed by atoms with van der Waals surface area (Å²) in [4.78, 5) is 2.90. The Bertz CT molecular complexity index is 1270. The fraction of sp³-hybridized carbons (Fsp3) is 1.00. The number of piperidine rings is 2. The van der Waals surface area contributed by atoms with Gasteiger partial charge in [0.1, 0.15) is 91.1 Å². The zero-order chi connectivity index (χ0) is 48.5. The van der Waals surface area contributed by atoms with Gasteiger partial charge >= 0.3 is 0 Å². The third kappa shape index (κ3) is 15.4. The summed E-state index contributed by atoms with van der Waals surface area (Å²) in [6.07, 6.45) is -25.8. The predicted molar refractivity (Wildman–Crippen MR) is 219 cm³/mol. The summed E-state index contributed by atoms with van der Waals surface area (Å²) in [6, 6.07) is -3.33. The molecule has 0 aromatic rings. The molecule has 404 valence electrons. The van der Waals surface area contributed by atoms with E-state index in [1.54, 1.807) is 0 Å². The van der Waals surface area contributed by atoms with Crippen LogP contribution in [0.1, 0.15) is 6.42 Å². The Balaban J connectivity index is 0.000000962. The predicted octanol–water partition coefficient (Wildman–Crippen LogP) is -16.6. The maximum Gasteiger partial charge on any atom is 0.186 e. The Hall–Kier alpha value is -1.24. The Morgan fingerprint density at radius 3 is 1.21 bits per heavy atom. The molecule has 0 radical (unpaired) electrons. The van der Waals surface area contributed by atoms with Gasteiger partial charge in [-0.05, 0) is 6.42 Å². The lowest BCUT2D eigenvalue weighted by atomic mass is 9.76. The van der Waals surface area contributed by atoms with Crippen molar-refractivity contribution in [3.8, 4) is 0 Å². The van der Waals surface area contributed by atoms with Crippen LogP contribution in [0.25, 0.3) is 0 Å². The lowest BCUT2D eigenvalue weighted by molar-refractivity contribution is -0.294. The van der Waals surface area contributed by atoms with Gasteiger partial charge in [0.05, 0.1) is 69.5 Å². The molecule has 1 aliphatic carbocycles. The summed E-state index contributed by atoms with van der Waals surface area (Å²) in [5.41, 5.74) is -1.94. The van der Waals surface area contributed by atoms with E-state index >= 15 is 0 Å². The molecule has 0 spiro atoms. The monoisotopic (exact) mass is 999 g/mol. The van der Waals surface area contributed by atoms with E-state index in [1.807, 2.05) is 0 Å². The first-order valence-electron chi connectivity index (χ1n) is 20.6. The van der Waals surface area contributed by atoms with Crippen molar-refractivity contribution in [3.63, 3.8) is 0 Å². The highest BCUT2D eigenvalue weighted by molar-refractivity contribution is 5.05. The first kappa shape index (κ1) is 65.8. The van der Waals surface area contributed by atoms with Crippen molar-refractivity contribution in [2.75, 3.05) is 73.4 Å². The first-order chi connectivity index (χ1) is 30.0.